The van der Waals surface area contributed by atoms with Crippen LogP contribution in [0.15, 0.2) is 0 Å². The summed E-state index contributed by atoms with van der Waals surface area (Å²) in [5, 5.41) is 2.35. The first-order valence-electron chi connectivity index (χ1n) is 6.81. The molecule has 0 aromatic rings. The van der Waals surface area contributed by atoms with Crippen LogP contribution in [0.2, 0.25) is 0 Å². The third-order valence-corrected chi connectivity index (χ3v) is 3.85. The van der Waals surface area contributed by atoms with Crippen LogP contribution in [0, 0.1) is 0 Å². The molecule has 116 valence electrons. The second kappa shape index (κ2) is 6.08. The second-order valence-electron chi connectivity index (χ2n) is 5.23. The summed E-state index contributed by atoms with van der Waals surface area (Å²) in [6.07, 6.45) is 1.37. The molecule has 0 unspecified atom stereocenters. The zero-order valence-electron chi connectivity index (χ0n) is 11.6. The summed E-state index contributed by atoms with van der Waals surface area (Å²) < 4.78 is 0. The van der Waals surface area contributed by atoms with E-state index < -0.39 is 17.8 Å². The number of hydrogen-bond donors (Lipinski definition) is 3. The van der Waals surface area contributed by atoms with Crippen molar-refractivity contribution in [2.75, 3.05) is 19.6 Å². The third kappa shape index (κ3) is 3.13. The summed E-state index contributed by atoms with van der Waals surface area (Å²) in [5.74, 6) is -1.33. The highest BCUT2D eigenvalue weighted by Gasteiger charge is 2.39. The largest absolute Gasteiger partial charge is 0.370 e. The van der Waals surface area contributed by atoms with E-state index in [-0.39, 0.29) is 44.0 Å². The molecule has 0 aromatic carbocycles. The van der Waals surface area contributed by atoms with Crippen LogP contribution in [0.25, 0.3) is 0 Å². The van der Waals surface area contributed by atoms with Crippen molar-refractivity contribution in [3.8, 4) is 0 Å². The van der Waals surface area contributed by atoms with Crippen LogP contribution in [0.3, 0.4) is 0 Å². The van der Waals surface area contributed by atoms with Gasteiger partial charge in [0, 0.05) is 25.0 Å². The number of carbonyl (C=O) groups excluding carboxylic acids is 4. The molecule has 2 fully saturated rings. The van der Waals surface area contributed by atoms with Gasteiger partial charge < -0.3 is 21.7 Å². The molecule has 0 aliphatic carbocycles. The zero-order valence-corrected chi connectivity index (χ0v) is 11.6. The SMILES string of the molecule is NC[C@@H]1CC[C@H](CC(N)=O)N1C(=O)CN1C(=O)CNC1=O. The van der Waals surface area contributed by atoms with Gasteiger partial charge in [0.05, 0.1) is 6.54 Å². The fourth-order valence-electron chi connectivity index (χ4n) is 2.86. The summed E-state index contributed by atoms with van der Waals surface area (Å²) >= 11 is 0. The number of carbonyl (C=O) groups is 4. The fraction of sp³-hybridized carbons (Fsp3) is 0.667. The van der Waals surface area contributed by atoms with E-state index in [1.807, 2.05) is 0 Å². The number of rotatable bonds is 5. The zero-order chi connectivity index (χ0) is 15.6. The molecule has 0 spiro atoms. The van der Waals surface area contributed by atoms with E-state index in [4.69, 9.17) is 11.5 Å². The first-order valence-corrected chi connectivity index (χ1v) is 6.81. The highest BCUT2D eigenvalue weighted by atomic mass is 16.2. The molecule has 2 aliphatic heterocycles. The summed E-state index contributed by atoms with van der Waals surface area (Å²) in [6, 6.07) is -1.09. The molecule has 2 atom stereocenters. The number of nitrogens with zero attached hydrogens (tertiary/aromatic N) is 2. The van der Waals surface area contributed by atoms with Crippen LogP contribution < -0.4 is 16.8 Å². The quantitative estimate of drug-likeness (QED) is 0.491. The van der Waals surface area contributed by atoms with Gasteiger partial charge in [-0.1, -0.05) is 0 Å². The van der Waals surface area contributed by atoms with Crippen molar-refractivity contribution >= 4 is 23.8 Å². The standard InChI is InChI=1S/C12H19N5O4/c13-4-8-2-1-7(3-9(14)18)17(8)11(20)6-16-10(19)5-15-12(16)21/h7-8H,1-6,13H2,(H2,14,18)(H,15,21)/t7-,8+/m1/s1. The van der Waals surface area contributed by atoms with Crippen molar-refractivity contribution in [1.82, 2.24) is 15.1 Å². The lowest BCUT2D eigenvalue weighted by Crippen LogP contribution is -2.50. The van der Waals surface area contributed by atoms with Crippen LogP contribution in [0.5, 0.6) is 0 Å². The fourth-order valence-corrected chi connectivity index (χ4v) is 2.86. The van der Waals surface area contributed by atoms with E-state index in [2.05, 4.69) is 5.32 Å². The van der Waals surface area contributed by atoms with Gasteiger partial charge in [0.2, 0.25) is 11.8 Å². The van der Waals surface area contributed by atoms with Gasteiger partial charge >= 0.3 is 6.03 Å². The normalized spacial score (nSPS) is 25.4. The van der Waals surface area contributed by atoms with Crippen LogP contribution in [-0.2, 0) is 14.4 Å². The predicted molar refractivity (Wildman–Crippen MR) is 71.6 cm³/mol. The molecule has 0 radical (unpaired) electrons. The van der Waals surface area contributed by atoms with Crippen molar-refractivity contribution < 1.29 is 19.2 Å². The number of urea groups is 1. The first kappa shape index (κ1) is 15.2. The minimum absolute atomic E-state index is 0.0579. The van der Waals surface area contributed by atoms with Crippen molar-refractivity contribution in [3.05, 3.63) is 0 Å². The van der Waals surface area contributed by atoms with Crippen molar-refractivity contribution in [2.24, 2.45) is 11.5 Å². The van der Waals surface area contributed by atoms with Gasteiger partial charge in [-0.25, -0.2) is 4.79 Å². The maximum absolute atomic E-state index is 12.4. The Bertz CT molecular complexity index is 464. The van der Waals surface area contributed by atoms with E-state index >= 15 is 0 Å². The third-order valence-electron chi connectivity index (χ3n) is 3.85. The minimum atomic E-state index is -0.580. The Morgan fingerprint density at radius 3 is 2.43 bits per heavy atom. The van der Waals surface area contributed by atoms with Gasteiger partial charge in [-0.05, 0) is 12.8 Å². The Labute approximate surface area is 121 Å². The maximum atomic E-state index is 12.4. The van der Waals surface area contributed by atoms with E-state index in [0.717, 1.165) is 4.90 Å². The van der Waals surface area contributed by atoms with Crippen LogP contribution in [-0.4, -0.2) is 65.3 Å². The molecule has 9 heteroatoms. The van der Waals surface area contributed by atoms with E-state index in [1.165, 1.54) is 4.90 Å². The molecule has 5 amide bonds. The Morgan fingerprint density at radius 1 is 1.24 bits per heavy atom. The molecular formula is C12H19N5O4. The summed E-state index contributed by atoms with van der Waals surface area (Å²) in [6.45, 7) is -0.172. The topological polar surface area (TPSA) is 139 Å². The van der Waals surface area contributed by atoms with E-state index in [0.29, 0.717) is 12.8 Å². The van der Waals surface area contributed by atoms with Crippen LogP contribution in [0.4, 0.5) is 4.79 Å². The number of nitrogens with two attached hydrogens (primary N) is 2. The van der Waals surface area contributed by atoms with Crippen molar-refractivity contribution in [3.63, 3.8) is 0 Å². The Balaban J connectivity index is 2.08. The molecule has 0 bridgehead atoms. The lowest BCUT2D eigenvalue weighted by molar-refractivity contribution is -0.139. The molecule has 21 heavy (non-hydrogen) atoms. The molecule has 2 rings (SSSR count). The average molecular weight is 297 g/mol. The van der Waals surface area contributed by atoms with Gasteiger partial charge in [0.15, 0.2) is 0 Å². The van der Waals surface area contributed by atoms with Crippen LogP contribution in [0.1, 0.15) is 19.3 Å². The number of amides is 5. The Morgan fingerprint density at radius 2 is 1.90 bits per heavy atom. The average Bonchev–Trinajstić information content (AvgIpc) is 2.96. The number of imide groups is 1. The Hall–Kier alpha value is -2.16. The number of nitrogens with one attached hydrogen (secondary N) is 1. The highest BCUT2D eigenvalue weighted by molar-refractivity contribution is 6.04. The second-order valence-corrected chi connectivity index (χ2v) is 5.23. The first-order chi connectivity index (χ1) is 9.93. The van der Waals surface area contributed by atoms with Crippen LogP contribution >= 0.6 is 0 Å². The monoisotopic (exact) mass is 297 g/mol. The van der Waals surface area contributed by atoms with E-state index in [9.17, 15) is 19.2 Å². The van der Waals surface area contributed by atoms with Crippen molar-refractivity contribution in [2.45, 2.75) is 31.3 Å². The number of likely N-dealkylation sites (tertiary alicyclic amines) is 1. The smallest absolute Gasteiger partial charge is 0.325 e. The number of hydrogen-bond acceptors (Lipinski definition) is 5. The van der Waals surface area contributed by atoms with Gasteiger partial charge in [-0.15, -0.1) is 0 Å². The lowest BCUT2D eigenvalue weighted by atomic mass is 10.1. The maximum Gasteiger partial charge on any atom is 0.325 e. The molecule has 2 heterocycles. The summed E-state index contributed by atoms with van der Waals surface area (Å²) in [5.41, 5.74) is 10.8. The van der Waals surface area contributed by atoms with Gasteiger partial charge in [-0.3, -0.25) is 19.3 Å². The molecule has 0 aromatic heterocycles. The minimum Gasteiger partial charge on any atom is -0.370 e. The summed E-state index contributed by atoms with van der Waals surface area (Å²) in [7, 11) is 0. The predicted octanol–water partition coefficient (Wildman–Crippen LogP) is -2.27. The molecule has 5 N–H and O–H groups in total. The summed E-state index contributed by atoms with van der Waals surface area (Å²) in [4.78, 5) is 48.9. The lowest BCUT2D eigenvalue weighted by Gasteiger charge is -2.30. The van der Waals surface area contributed by atoms with E-state index in [1.54, 1.807) is 0 Å². The number of primary amides is 1. The Kier molecular flexibility index (Phi) is 4.41. The van der Waals surface area contributed by atoms with Gasteiger partial charge in [0.1, 0.15) is 6.54 Å². The molecule has 2 aliphatic rings. The highest BCUT2D eigenvalue weighted by Crippen LogP contribution is 2.26. The molecule has 0 saturated carbocycles. The molecule has 9 nitrogen and oxygen atoms in total. The van der Waals surface area contributed by atoms with Gasteiger partial charge in [0.25, 0.3) is 5.91 Å². The molecular weight excluding hydrogens is 278 g/mol. The van der Waals surface area contributed by atoms with Crippen molar-refractivity contribution in [1.29, 1.82) is 0 Å². The van der Waals surface area contributed by atoms with Gasteiger partial charge in [-0.2, -0.15) is 0 Å². The molecule has 2 saturated heterocycles.